The lowest BCUT2D eigenvalue weighted by Crippen LogP contribution is -2.56. The van der Waals surface area contributed by atoms with Crippen LogP contribution in [0.3, 0.4) is 0 Å². The van der Waals surface area contributed by atoms with Gasteiger partial charge in [-0.05, 0) is 69.1 Å². The fourth-order valence-corrected chi connectivity index (χ4v) is 6.37. The molecule has 4 aliphatic carbocycles. The summed E-state index contributed by atoms with van der Waals surface area (Å²) in [6.45, 7) is 0.372. The summed E-state index contributed by atoms with van der Waals surface area (Å²) < 4.78 is 5.17. The molecule has 0 aromatic heterocycles. The Balaban J connectivity index is 1.39. The van der Waals surface area contributed by atoms with Crippen LogP contribution >= 0.6 is 0 Å². The van der Waals surface area contributed by atoms with E-state index in [4.69, 9.17) is 11.2 Å². The van der Waals surface area contributed by atoms with E-state index in [-0.39, 0.29) is 24.5 Å². The van der Waals surface area contributed by atoms with Gasteiger partial charge in [-0.15, -0.1) is 6.42 Å². The summed E-state index contributed by atoms with van der Waals surface area (Å²) in [7, 11) is 0. The predicted molar refractivity (Wildman–Crippen MR) is 98.1 cm³/mol. The SMILES string of the molecule is C#CCNC(=O)COC(=O)[C@H]1CCCN1C(=O)C12CC3CC(CC(C3)C1)C2. The topological polar surface area (TPSA) is 75.7 Å². The molecule has 1 heterocycles. The molecule has 6 heteroatoms. The van der Waals surface area contributed by atoms with Gasteiger partial charge in [0.1, 0.15) is 6.04 Å². The molecule has 5 aliphatic rings. The van der Waals surface area contributed by atoms with E-state index >= 15 is 0 Å². The zero-order chi connectivity index (χ0) is 19.0. The Bertz CT molecular complexity index is 645. The van der Waals surface area contributed by atoms with Crippen LogP contribution in [0, 0.1) is 35.5 Å². The van der Waals surface area contributed by atoms with Gasteiger partial charge in [0.2, 0.25) is 5.91 Å². The maximum absolute atomic E-state index is 13.5. The molecule has 2 amide bonds. The molecule has 4 saturated carbocycles. The number of esters is 1. The molecule has 0 aromatic carbocycles. The van der Waals surface area contributed by atoms with Crippen molar-refractivity contribution in [2.24, 2.45) is 23.2 Å². The number of amides is 2. The van der Waals surface area contributed by atoms with E-state index in [1.807, 2.05) is 0 Å². The molecule has 1 N–H and O–H groups in total. The summed E-state index contributed by atoms with van der Waals surface area (Å²) >= 11 is 0. The average Bonchev–Trinajstić information content (AvgIpc) is 3.12. The summed E-state index contributed by atoms with van der Waals surface area (Å²) in [5.41, 5.74) is -0.248. The molecule has 5 rings (SSSR count). The van der Waals surface area contributed by atoms with E-state index in [0.717, 1.165) is 25.7 Å². The summed E-state index contributed by atoms with van der Waals surface area (Å²) in [5, 5.41) is 2.47. The Morgan fingerprint density at radius 3 is 2.33 bits per heavy atom. The Morgan fingerprint density at radius 1 is 1.11 bits per heavy atom. The van der Waals surface area contributed by atoms with Crippen LogP contribution in [0.1, 0.15) is 51.4 Å². The van der Waals surface area contributed by atoms with Crippen LogP contribution < -0.4 is 5.32 Å². The molecule has 1 atom stereocenters. The predicted octanol–water partition coefficient (Wildman–Crippen LogP) is 1.49. The smallest absolute Gasteiger partial charge is 0.329 e. The highest BCUT2D eigenvalue weighted by atomic mass is 16.5. The third kappa shape index (κ3) is 3.44. The first kappa shape index (κ1) is 18.3. The highest BCUT2D eigenvalue weighted by Gasteiger charge is 2.56. The number of terminal acetylenes is 1. The molecular formula is C21H28N2O4. The molecule has 146 valence electrons. The second kappa shape index (κ2) is 7.18. The van der Waals surface area contributed by atoms with Crippen molar-refractivity contribution in [2.75, 3.05) is 19.7 Å². The number of hydrogen-bond acceptors (Lipinski definition) is 4. The monoisotopic (exact) mass is 372 g/mol. The summed E-state index contributed by atoms with van der Waals surface area (Å²) in [6, 6.07) is -0.550. The summed E-state index contributed by atoms with van der Waals surface area (Å²) in [4.78, 5) is 39.4. The van der Waals surface area contributed by atoms with Gasteiger partial charge in [0.15, 0.2) is 6.61 Å². The summed E-state index contributed by atoms with van der Waals surface area (Å²) in [6.07, 6.45) is 13.3. The van der Waals surface area contributed by atoms with Gasteiger partial charge in [-0.2, -0.15) is 0 Å². The zero-order valence-electron chi connectivity index (χ0n) is 15.7. The molecule has 0 radical (unpaired) electrons. The Morgan fingerprint density at radius 2 is 1.74 bits per heavy atom. The Labute approximate surface area is 160 Å². The lowest BCUT2D eigenvalue weighted by Gasteiger charge is -2.56. The molecule has 5 fully saturated rings. The van der Waals surface area contributed by atoms with Crippen LogP contribution in [-0.2, 0) is 19.1 Å². The fraction of sp³-hybridized carbons (Fsp3) is 0.762. The molecule has 4 bridgehead atoms. The van der Waals surface area contributed by atoms with Crippen molar-refractivity contribution in [3.8, 4) is 12.3 Å². The number of ether oxygens (including phenoxy) is 1. The second-order valence-corrected chi connectivity index (χ2v) is 8.94. The highest BCUT2D eigenvalue weighted by Crippen LogP contribution is 2.60. The minimum absolute atomic E-state index is 0.108. The standard InChI is InChI=1S/C21H28N2O4/c1-2-5-22-18(24)13-27-19(25)17-4-3-6-23(17)20(26)21-10-14-7-15(11-21)9-16(8-14)12-21/h1,14-17H,3-13H2,(H,22,24)/t14?,15?,16?,17-,21?/m1/s1. The largest absolute Gasteiger partial charge is 0.454 e. The van der Waals surface area contributed by atoms with Gasteiger partial charge in [0.05, 0.1) is 12.0 Å². The number of carbonyl (C=O) groups is 3. The Kier molecular flexibility index (Phi) is 4.88. The first-order chi connectivity index (χ1) is 13.0. The maximum Gasteiger partial charge on any atom is 0.329 e. The number of carbonyl (C=O) groups excluding carboxylic acids is 3. The molecule has 0 unspecified atom stereocenters. The molecule has 1 aliphatic heterocycles. The van der Waals surface area contributed by atoms with Crippen LogP contribution in [0.15, 0.2) is 0 Å². The van der Waals surface area contributed by atoms with Crippen LogP contribution in [0.2, 0.25) is 0 Å². The van der Waals surface area contributed by atoms with Crippen molar-refractivity contribution in [1.29, 1.82) is 0 Å². The average molecular weight is 372 g/mol. The van der Waals surface area contributed by atoms with Crippen molar-refractivity contribution < 1.29 is 19.1 Å². The molecule has 0 spiro atoms. The lowest BCUT2D eigenvalue weighted by atomic mass is 9.49. The minimum atomic E-state index is -0.550. The van der Waals surface area contributed by atoms with Crippen LogP contribution in [-0.4, -0.2) is 48.4 Å². The van der Waals surface area contributed by atoms with E-state index in [0.29, 0.717) is 30.7 Å². The minimum Gasteiger partial charge on any atom is -0.454 e. The number of nitrogens with zero attached hydrogens (tertiary/aromatic N) is 1. The normalized spacial score (nSPS) is 36.3. The van der Waals surface area contributed by atoms with Crippen LogP contribution in [0.25, 0.3) is 0 Å². The van der Waals surface area contributed by atoms with Gasteiger partial charge in [-0.25, -0.2) is 4.79 Å². The molecule has 6 nitrogen and oxygen atoms in total. The van der Waals surface area contributed by atoms with E-state index in [1.165, 1.54) is 19.3 Å². The molecule has 0 aromatic rings. The number of hydrogen-bond donors (Lipinski definition) is 1. The second-order valence-electron chi connectivity index (χ2n) is 8.94. The van der Waals surface area contributed by atoms with Gasteiger partial charge in [-0.1, -0.05) is 5.92 Å². The van der Waals surface area contributed by atoms with Gasteiger partial charge < -0.3 is 15.0 Å². The lowest BCUT2D eigenvalue weighted by molar-refractivity contribution is -0.166. The quantitative estimate of drug-likeness (QED) is 0.586. The van der Waals surface area contributed by atoms with Gasteiger partial charge in [0.25, 0.3) is 5.91 Å². The third-order valence-electron chi connectivity index (χ3n) is 7.01. The van der Waals surface area contributed by atoms with E-state index < -0.39 is 17.9 Å². The first-order valence-electron chi connectivity index (χ1n) is 10.2. The number of rotatable bonds is 5. The van der Waals surface area contributed by atoms with Crippen LogP contribution in [0.5, 0.6) is 0 Å². The van der Waals surface area contributed by atoms with Crippen molar-refractivity contribution >= 4 is 17.8 Å². The molecule has 27 heavy (non-hydrogen) atoms. The zero-order valence-corrected chi connectivity index (χ0v) is 15.7. The maximum atomic E-state index is 13.5. The molecule has 1 saturated heterocycles. The van der Waals surface area contributed by atoms with E-state index in [2.05, 4.69) is 11.2 Å². The van der Waals surface area contributed by atoms with Crippen LogP contribution in [0.4, 0.5) is 0 Å². The van der Waals surface area contributed by atoms with Crippen molar-refractivity contribution in [3.63, 3.8) is 0 Å². The van der Waals surface area contributed by atoms with E-state index in [1.54, 1.807) is 4.90 Å². The van der Waals surface area contributed by atoms with Gasteiger partial charge in [-0.3, -0.25) is 9.59 Å². The Hall–Kier alpha value is -2.03. The number of likely N-dealkylation sites (tertiary alicyclic amines) is 1. The van der Waals surface area contributed by atoms with Crippen molar-refractivity contribution in [2.45, 2.75) is 57.4 Å². The highest BCUT2D eigenvalue weighted by molar-refractivity contribution is 5.90. The fourth-order valence-electron chi connectivity index (χ4n) is 6.37. The summed E-state index contributed by atoms with van der Waals surface area (Å²) in [5.74, 6) is 3.64. The van der Waals surface area contributed by atoms with Gasteiger partial charge in [0, 0.05) is 6.54 Å². The van der Waals surface area contributed by atoms with Crippen molar-refractivity contribution in [3.05, 3.63) is 0 Å². The van der Waals surface area contributed by atoms with E-state index in [9.17, 15) is 14.4 Å². The first-order valence-corrected chi connectivity index (χ1v) is 10.2. The third-order valence-corrected chi connectivity index (χ3v) is 7.01. The molecular weight excluding hydrogens is 344 g/mol. The van der Waals surface area contributed by atoms with Gasteiger partial charge >= 0.3 is 5.97 Å². The van der Waals surface area contributed by atoms with Crippen molar-refractivity contribution in [1.82, 2.24) is 10.2 Å². The number of nitrogens with one attached hydrogen (secondary N) is 1.